The maximum absolute atomic E-state index is 14.9. The number of rotatable bonds is 4. The number of aliphatic hydroxyl groups is 1. The fraction of sp³-hybridized carbons (Fsp3) is 0.651. The van der Waals surface area contributed by atoms with E-state index >= 15 is 0 Å². The number of fused-ring (bicyclic) bond motifs is 7. The summed E-state index contributed by atoms with van der Waals surface area (Å²) in [7, 11) is 0. The molecule has 7 rings (SSSR count). The number of benzene rings is 2. The number of carbonyl (C=O) groups excluding carboxylic acids is 1. The monoisotopic (exact) mass is 622 g/mol. The van der Waals surface area contributed by atoms with Gasteiger partial charge in [0.15, 0.2) is 6.10 Å². The summed E-state index contributed by atoms with van der Waals surface area (Å²) in [5, 5.41) is 11.1. The van der Waals surface area contributed by atoms with Crippen LogP contribution in [0.5, 0.6) is 0 Å². The molecule has 0 aromatic heterocycles. The Morgan fingerprint density at radius 3 is 2.00 bits per heavy atom. The minimum atomic E-state index is -0.482. The predicted octanol–water partition coefficient (Wildman–Crippen LogP) is 10.5. The van der Waals surface area contributed by atoms with Crippen molar-refractivity contribution in [1.29, 1.82) is 0 Å². The molecule has 1 N–H and O–H groups in total. The van der Waals surface area contributed by atoms with E-state index in [1.54, 1.807) is 5.57 Å². The molecule has 0 radical (unpaired) electrons. The van der Waals surface area contributed by atoms with Crippen molar-refractivity contribution in [3.8, 4) is 0 Å². The molecule has 3 nitrogen and oxygen atoms in total. The smallest absolute Gasteiger partial charge is 0.313 e. The summed E-state index contributed by atoms with van der Waals surface area (Å²) >= 11 is 0. The molecule has 8 atom stereocenters. The highest BCUT2D eigenvalue weighted by atomic mass is 16.5. The Labute approximate surface area is 278 Å². The lowest BCUT2D eigenvalue weighted by Gasteiger charge is -2.71. The lowest BCUT2D eigenvalue weighted by Crippen LogP contribution is -2.65. The van der Waals surface area contributed by atoms with Crippen molar-refractivity contribution in [3.63, 3.8) is 0 Å². The maximum atomic E-state index is 14.9. The van der Waals surface area contributed by atoms with Gasteiger partial charge in [-0.3, -0.25) is 4.79 Å². The molecule has 2 aromatic carbocycles. The highest BCUT2D eigenvalue weighted by Gasteiger charge is 2.69. The van der Waals surface area contributed by atoms with Crippen molar-refractivity contribution < 1.29 is 14.6 Å². The predicted molar refractivity (Wildman–Crippen MR) is 186 cm³/mol. The van der Waals surface area contributed by atoms with Crippen molar-refractivity contribution in [2.75, 3.05) is 0 Å². The third-order valence-corrected chi connectivity index (χ3v) is 15.5. The van der Waals surface area contributed by atoms with E-state index in [0.717, 1.165) is 62.5 Å². The Morgan fingerprint density at radius 1 is 0.761 bits per heavy atom. The highest BCUT2D eigenvalue weighted by molar-refractivity contribution is 5.79. The van der Waals surface area contributed by atoms with Crippen molar-refractivity contribution in [2.24, 2.45) is 50.2 Å². The van der Waals surface area contributed by atoms with Gasteiger partial charge in [0.2, 0.25) is 0 Å². The van der Waals surface area contributed by atoms with Gasteiger partial charge in [0.1, 0.15) is 0 Å². The van der Waals surface area contributed by atoms with Gasteiger partial charge < -0.3 is 9.84 Å². The SMILES string of the molecule is CC1(C)CC[C@]2(C(=O)OC(c3ccccc3)c3ccccc3)CC[C@]3(C)C(=CC[C@@H]4[C@@]5(C)CC[C@H](O)C(C)(C)[C@@H]5CC[C@]43C)[C@@H]2C1. The van der Waals surface area contributed by atoms with E-state index in [1.165, 1.54) is 12.8 Å². The summed E-state index contributed by atoms with van der Waals surface area (Å²) in [5.74, 6) is 1.36. The Morgan fingerprint density at radius 2 is 1.37 bits per heavy atom. The number of carbonyl (C=O) groups is 1. The van der Waals surface area contributed by atoms with Gasteiger partial charge in [-0.2, -0.15) is 0 Å². The lowest BCUT2D eigenvalue weighted by molar-refractivity contribution is -0.207. The number of hydrogen-bond donors (Lipinski definition) is 1. The topological polar surface area (TPSA) is 46.5 Å². The average Bonchev–Trinajstić information content (AvgIpc) is 3.02. The first-order valence-corrected chi connectivity index (χ1v) is 18.4. The average molecular weight is 623 g/mol. The fourth-order valence-electron chi connectivity index (χ4n) is 12.4. The molecular formula is C43H58O3. The lowest BCUT2D eigenvalue weighted by atomic mass is 9.33. The van der Waals surface area contributed by atoms with Crippen molar-refractivity contribution in [1.82, 2.24) is 0 Å². The molecule has 0 amide bonds. The first kappa shape index (κ1) is 32.2. The second-order valence-electron chi connectivity index (χ2n) is 18.4. The molecule has 4 fully saturated rings. The largest absolute Gasteiger partial charge is 0.452 e. The van der Waals surface area contributed by atoms with Crippen molar-refractivity contribution in [3.05, 3.63) is 83.4 Å². The van der Waals surface area contributed by atoms with Gasteiger partial charge in [0, 0.05) is 0 Å². The minimum Gasteiger partial charge on any atom is -0.452 e. The highest BCUT2D eigenvalue weighted by Crippen LogP contribution is 2.76. The molecule has 46 heavy (non-hydrogen) atoms. The van der Waals surface area contributed by atoms with Crippen LogP contribution < -0.4 is 0 Å². The first-order chi connectivity index (χ1) is 21.7. The maximum Gasteiger partial charge on any atom is 0.313 e. The van der Waals surface area contributed by atoms with E-state index in [-0.39, 0.29) is 45.1 Å². The van der Waals surface area contributed by atoms with E-state index in [9.17, 15) is 9.90 Å². The van der Waals surface area contributed by atoms with Gasteiger partial charge in [-0.25, -0.2) is 0 Å². The van der Waals surface area contributed by atoms with Crippen LogP contribution in [0.3, 0.4) is 0 Å². The van der Waals surface area contributed by atoms with Crippen molar-refractivity contribution >= 4 is 5.97 Å². The van der Waals surface area contributed by atoms with E-state index in [4.69, 9.17) is 4.74 Å². The molecule has 248 valence electrons. The molecule has 0 heterocycles. The molecule has 0 saturated heterocycles. The van der Waals surface area contributed by atoms with Gasteiger partial charge in [0.05, 0.1) is 11.5 Å². The van der Waals surface area contributed by atoms with Crippen LogP contribution in [-0.4, -0.2) is 17.2 Å². The van der Waals surface area contributed by atoms with Crippen LogP contribution in [0, 0.1) is 50.2 Å². The number of esters is 1. The van der Waals surface area contributed by atoms with Crippen LogP contribution in [0.4, 0.5) is 0 Å². The number of allylic oxidation sites excluding steroid dienone is 2. The third kappa shape index (κ3) is 4.56. The molecule has 0 aliphatic heterocycles. The van der Waals surface area contributed by atoms with Crippen molar-refractivity contribution in [2.45, 2.75) is 125 Å². The van der Waals surface area contributed by atoms with Gasteiger partial charge in [-0.1, -0.05) is 121 Å². The summed E-state index contributed by atoms with van der Waals surface area (Å²) in [4.78, 5) is 14.9. The molecule has 4 saturated carbocycles. The zero-order chi connectivity index (χ0) is 32.8. The summed E-state index contributed by atoms with van der Waals surface area (Å²) in [5.41, 5.74) is 3.76. The van der Waals surface area contributed by atoms with Crippen LogP contribution in [0.15, 0.2) is 72.3 Å². The van der Waals surface area contributed by atoms with E-state index < -0.39 is 11.5 Å². The third-order valence-electron chi connectivity index (χ3n) is 15.5. The Balaban J connectivity index is 1.27. The summed E-state index contributed by atoms with van der Waals surface area (Å²) in [6, 6.07) is 20.6. The Hall–Kier alpha value is -2.39. The van der Waals surface area contributed by atoms with Gasteiger partial charge >= 0.3 is 5.97 Å². The van der Waals surface area contributed by atoms with Gasteiger partial charge in [-0.15, -0.1) is 0 Å². The molecule has 0 spiro atoms. The molecule has 3 heteroatoms. The van der Waals surface area contributed by atoms with Crippen LogP contribution in [0.1, 0.15) is 130 Å². The summed E-state index contributed by atoms with van der Waals surface area (Å²) < 4.78 is 6.76. The Bertz CT molecular complexity index is 1450. The second-order valence-corrected chi connectivity index (χ2v) is 18.4. The zero-order valence-electron chi connectivity index (χ0n) is 29.6. The summed E-state index contributed by atoms with van der Waals surface area (Å²) in [6.07, 6.45) is 12.5. The number of aliphatic hydroxyl groups excluding tert-OH is 1. The number of ether oxygens (including phenoxy) is 1. The fourth-order valence-corrected chi connectivity index (χ4v) is 12.4. The summed E-state index contributed by atoms with van der Waals surface area (Å²) in [6.45, 7) is 17.3. The van der Waals surface area contributed by atoms with E-state index in [2.05, 4.69) is 78.8 Å². The quantitative estimate of drug-likeness (QED) is 0.273. The normalized spacial score (nSPS) is 40.8. The van der Waals surface area contributed by atoms with E-state index in [0.29, 0.717) is 11.8 Å². The molecule has 0 bridgehead atoms. The van der Waals surface area contributed by atoms with Gasteiger partial charge in [0.25, 0.3) is 0 Å². The van der Waals surface area contributed by atoms with Crippen LogP contribution in [0.2, 0.25) is 0 Å². The molecular weight excluding hydrogens is 564 g/mol. The molecule has 5 aliphatic carbocycles. The van der Waals surface area contributed by atoms with Gasteiger partial charge in [-0.05, 0) is 120 Å². The molecule has 2 aromatic rings. The van der Waals surface area contributed by atoms with Crippen LogP contribution in [-0.2, 0) is 9.53 Å². The second kappa shape index (κ2) is 10.8. The number of hydrogen-bond acceptors (Lipinski definition) is 3. The van der Waals surface area contributed by atoms with Crippen LogP contribution >= 0.6 is 0 Å². The molecule has 0 unspecified atom stereocenters. The Kier molecular flexibility index (Phi) is 7.56. The molecule has 5 aliphatic rings. The van der Waals surface area contributed by atoms with Crippen LogP contribution in [0.25, 0.3) is 0 Å². The minimum absolute atomic E-state index is 0.0135. The standard InChI is InChI=1S/C43H58O3/c1-38(2)24-26-43(37(45)46-36(29-14-10-8-11-15-29)30-16-12-9-13-17-30)27-25-41(6)31(32(43)28-38)18-19-34-40(5)22-21-35(44)39(3,4)33(40)20-23-42(34,41)7/h8-18,32-36,44H,19-28H2,1-7H3/t32-,33-,34+,35-,40-,41+,42+,43-/m0/s1. The van der Waals surface area contributed by atoms with E-state index in [1.807, 2.05) is 36.4 Å². The zero-order valence-corrected chi connectivity index (χ0v) is 29.6. The first-order valence-electron chi connectivity index (χ1n) is 18.4.